The van der Waals surface area contributed by atoms with E-state index >= 15 is 0 Å². The predicted octanol–water partition coefficient (Wildman–Crippen LogP) is 15.2. The SMILES string of the molecule is CC1(C)c2ccccc2-c2ccc(N(c3ccc(-c4ccc5c(ccc6ccccc65)c4)cc3)c3ccc4c(c3)-c3ccccc3C43C4CC5CC6CC3(C5)C6C4)cc21. The highest BCUT2D eigenvalue weighted by Gasteiger charge is 2.78. The molecular weight excluding hydrogens is 711 g/mol. The van der Waals surface area contributed by atoms with Crippen LogP contribution in [0.25, 0.3) is 54.9 Å². The average molecular weight is 758 g/mol. The molecule has 2 spiro atoms. The molecule has 6 atom stereocenters. The first-order chi connectivity index (χ1) is 28.9. The molecule has 1 heteroatoms. The molecule has 0 radical (unpaired) electrons. The lowest BCUT2D eigenvalue weighted by atomic mass is 9.36. The molecule has 0 heterocycles. The van der Waals surface area contributed by atoms with Gasteiger partial charge in [0.15, 0.2) is 0 Å². The molecule has 7 aliphatic rings. The van der Waals surface area contributed by atoms with Crippen molar-refractivity contribution in [2.75, 3.05) is 4.90 Å². The monoisotopic (exact) mass is 757 g/mol. The van der Waals surface area contributed by atoms with Gasteiger partial charge in [-0.15, -0.1) is 0 Å². The van der Waals surface area contributed by atoms with Gasteiger partial charge in [-0.05, 0) is 181 Å². The Morgan fingerprint density at radius 1 is 0.458 bits per heavy atom. The van der Waals surface area contributed by atoms with Crippen LogP contribution in [0.5, 0.6) is 0 Å². The summed E-state index contributed by atoms with van der Waals surface area (Å²) in [4.78, 5) is 2.54. The fourth-order valence-corrected chi connectivity index (χ4v) is 15.0. The second-order valence-corrected chi connectivity index (χ2v) is 19.8. The predicted molar refractivity (Wildman–Crippen MR) is 245 cm³/mol. The van der Waals surface area contributed by atoms with Crippen LogP contribution in [-0.4, -0.2) is 0 Å². The second-order valence-electron chi connectivity index (χ2n) is 19.8. The normalized spacial score (nSPS) is 26.7. The Balaban J connectivity index is 0.925. The first-order valence-corrected chi connectivity index (χ1v) is 22.2. The summed E-state index contributed by atoms with van der Waals surface area (Å²) >= 11 is 0. The van der Waals surface area contributed by atoms with E-state index in [0.717, 1.165) is 23.7 Å². The third-order valence-corrected chi connectivity index (χ3v) is 17.1. The van der Waals surface area contributed by atoms with Gasteiger partial charge in [-0.3, -0.25) is 0 Å². The lowest BCUT2D eigenvalue weighted by molar-refractivity contribution is -0.140. The third-order valence-electron chi connectivity index (χ3n) is 17.1. The third kappa shape index (κ3) is 4.03. The zero-order valence-corrected chi connectivity index (χ0v) is 33.9. The number of fused-ring (bicyclic) bond motifs is 9. The molecular formula is C58H47N. The number of anilines is 3. The van der Waals surface area contributed by atoms with Gasteiger partial charge < -0.3 is 4.90 Å². The van der Waals surface area contributed by atoms with Crippen molar-refractivity contribution in [2.45, 2.75) is 56.8 Å². The van der Waals surface area contributed by atoms with Crippen molar-refractivity contribution in [2.24, 2.45) is 29.1 Å². The number of hydrogen-bond acceptors (Lipinski definition) is 1. The van der Waals surface area contributed by atoms with Gasteiger partial charge in [0.25, 0.3) is 0 Å². The molecule has 0 N–H and O–H groups in total. The van der Waals surface area contributed by atoms with Crippen molar-refractivity contribution in [3.8, 4) is 33.4 Å². The van der Waals surface area contributed by atoms with E-state index in [1.54, 1.807) is 11.1 Å². The Labute approximate surface area is 347 Å². The summed E-state index contributed by atoms with van der Waals surface area (Å²) in [7, 11) is 0. The van der Waals surface area contributed by atoms with E-state index in [0.29, 0.717) is 5.41 Å². The van der Waals surface area contributed by atoms with Crippen LogP contribution < -0.4 is 4.90 Å². The van der Waals surface area contributed by atoms with Crippen LogP contribution in [0.15, 0.2) is 164 Å². The van der Waals surface area contributed by atoms with Gasteiger partial charge in [0.1, 0.15) is 0 Å². The van der Waals surface area contributed by atoms with E-state index in [1.807, 2.05) is 0 Å². The molecule has 8 aromatic rings. The Hall–Kier alpha value is -5.92. The van der Waals surface area contributed by atoms with Crippen LogP contribution in [0.3, 0.4) is 0 Å². The number of hydrogen-bond donors (Lipinski definition) is 0. The topological polar surface area (TPSA) is 3.24 Å². The summed E-state index contributed by atoms with van der Waals surface area (Å²) in [5.41, 5.74) is 18.5. The minimum atomic E-state index is -0.0816. The molecule has 0 aliphatic heterocycles. The minimum absolute atomic E-state index is 0.0816. The first kappa shape index (κ1) is 33.0. The van der Waals surface area contributed by atoms with Crippen molar-refractivity contribution in [1.29, 1.82) is 0 Å². The molecule has 1 nitrogen and oxygen atoms in total. The molecule has 8 aromatic carbocycles. The molecule has 284 valence electrons. The maximum absolute atomic E-state index is 2.60. The summed E-state index contributed by atoms with van der Waals surface area (Å²) in [6.45, 7) is 4.79. The molecule has 59 heavy (non-hydrogen) atoms. The minimum Gasteiger partial charge on any atom is -0.310 e. The van der Waals surface area contributed by atoms with E-state index in [4.69, 9.17) is 0 Å². The number of benzene rings is 8. The molecule has 0 saturated heterocycles. The van der Waals surface area contributed by atoms with Gasteiger partial charge in [0.2, 0.25) is 0 Å². The zero-order chi connectivity index (χ0) is 38.8. The number of rotatable bonds is 4. The van der Waals surface area contributed by atoms with Crippen LogP contribution in [0, 0.1) is 29.1 Å². The second kappa shape index (κ2) is 11.2. The quantitative estimate of drug-likeness (QED) is 0.162. The van der Waals surface area contributed by atoms with Gasteiger partial charge in [0.05, 0.1) is 0 Å². The molecule has 7 aliphatic carbocycles. The standard InChI is InChI=1S/C58H47N/c1-56(2)51-13-7-5-11-47(51)49-25-22-44(32-55(49)56)59(42-20-17-36(18-21-42)38-19-24-46-39(29-38)16-15-37-9-3-4-10-45(37)46)43-23-26-53-50(31-43)48-12-6-8-14-52(48)58(53)41-28-35-27-40-34-57(58,33-35)54(40)30-41/h3-26,29,31-32,35,40-41,54H,27-28,30,33-34H2,1-2H3. The maximum atomic E-state index is 2.60. The molecule has 15 rings (SSSR count). The van der Waals surface area contributed by atoms with E-state index in [-0.39, 0.29) is 10.8 Å². The highest BCUT2D eigenvalue weighted by Crippen LogP contribution is 2.84. The van der Waals surface area contributed by atoms with E-state index in [2.05, 4.69) is 183 Å². The van der Waals surface area contributed by atoms with Crippen molar-refractivity contribution in [3.63, 3.8) is 0 Å². The Kier molecular flexibility index (Phi) is 6.27. The Bertz CT molecular complexity index is 3110. The van der Waals surface area contributed by atoms with Gasteiger partial charge >= 0.3 is 0 Å². The summed E-state index contributed by atoms with van der Waals surface area (Å²) in [5.74, 6) is 3.60. The van der Waals surface area contributed by atoms with Gasteiger partial charge in [-0.2, -0.15) is 0 Å². The average Bonchev–Trinajstić information content (AvgIpc) is 3.69. The van der Waals surface area contributed by atoms with Crippen LogP contribution in [0.4, 0.5) is 17.1 Å². The summed E-state index contributed by atoms with van der Waals surface area (Å²) < 4.78 is 0. The van der Waals surface area contributed by atoms with Crippen LogP contribution in [0.1, 0.15) is 68.2 Å². The van der Waals surface area contributed by atoms with E-state index < -0.39 is 0 Å². The largest absolute Gasteiger partial charge is 0.310 e. The van der Waals surface area contributed by atoms with Crippen molar-refractivity contribution < 1.29 is 0 Å². The molecule has 4 bridgehead atoms. The van der Waals surface area contributed by atoms with Crippen LogP contribution in [0.2, 0.25) is 0 Å². The maximum Gasteiger partial charge on any atom is 0.0468 e. The van der Waals surface area contributed by atoms with E-state index in [1.165, 1.54) is 115 Å². The Morgan fingerprint density at radius 3 is 2.00 bits per heavy atom. The molecule has 5 saturated carbocycles. The van der Waals surface area contributed by atoms with Crippen LogP contribution in [-0.2, 0) is 10.8 Å². The summed E-state index contributed by atoms with van der Waals surface area (Å²) in [6.07, 6.45) is 7.25. The molecule has 5 fully saturated rings. The van der Waals surface area contributed by atoms with Crippen molar-refractivity contribution in [1.82, 2.24) is 0 Å². The lowest BCUT2D eigenvalue weighted by Crippen LogP contribution is -2.62. The fourth-order valence-electron chi connectivity index (χ4n) is 15.0. The molecule has 0 aromatic heterocycles. The number of nitrogens with zero attached hydrogens (tertiary/aromatic N) is 1. The lowest BCUT2D eigenvalue weighted by Gasteiger charge is -2.67. The molecule has 6 unspecified atom stereocenters. The Morgan fingerprint density at radius 2 is 1.12 bits per heavy atom. The molecule has 0 amide bonds. The smallest absolute Gasteiger partial charge is 0.0468 e. The van der Waals surface area contributed by atoms with Gasteiger partial charge in [-0.25, -0.2) is 0 Å². The van der Waals surface area contributed by atoms with E-state index in [9.17, 15) is 0 Å². The summed E-state index contributed by atoms with van der Waals surface area (Å²) in [6, 6.07) is 63.1. The van der Waals surface area contributed by atoms with Crippen molar-refractivity contribution in [3.05, 3.63) is 186 Å². The fraction of sp³-hybridized carbons (Fsp3) is 0.241. The summed E-state index contributed by atoms with van der Waals surface area (Å²) in [5, 5.41) is 5.18. The van der Waals surface area contributed by atoms with Crippen molar-refractivity contribution >= 4 is 38.6 Å². The highest BCUT2D eigenvalue weighted by atomic mass is 15.1. The highest BCUT2D eigenvalue weighted by molar-refractivity contribution is 6.08. The van der Waals surface area contributed by atoms with Crippen LogP contribution >= 0.6 is 0 Å². The first-order valence-electron chi connectivity index (χ1n) is 22.2. The van der Waals surface area contributed by atoms with Gasteiger partial charge in [-0.1, -0.05) is 135 Å². The zero-order valence-electron chi connectivity index (χ0n) is 33.9. The van der Waals surface area contributed by atoms with Gasteiger partial charge in [0, 0.05) is 27.9 Å².